The molecule has 15 heavy (non-hydrogen) atoms. The van der Waals surface area contributed by atoms with E-state index < -0.39 is 11.6 Å². The molecule has 4 nitrogen and oxygen atoms in total. The average Bonchev–Trinajstić information content (AvgIpc) is 2.19. The van der Waals surface area contributed by atoms with Crippen LogP contribution < -0.4 is 0 Å². The highest BCUT2D eigenvalue weighted by molar-refractivity contribution is 5.79. The summed E-state index contributed by atoms with van der Waals surface area (Å²) in [6.45, 7) is 3.35. The number of hydrogen-bond acceptors (Lipinski definition) is 4. The van der Waals surface area contributed by atoms with Crippen molar-refractivity contribution in [2.75, 3.05) is 0 Å². The zero-order valence-corrected chi connectivity index (χ0v) is 9.32. The maximum atomic E-state index is 11.6. The molecule has 4 heteroatoms. The fourth-order valence-corrected chi connectivity index (χ4v) is 1.64. The van der Waals surface area contributed by atoms with Crippen molar-refractivity contribution in [1.82, 2.24) is 0 Å². The molecule has 1 aliphatic rings. The molecule has 0 unspecified atom stereocenters. The molecule has 0 bridgehead atoms. The number of carbonyl (C=O) groups excluding carboxylic acids is 2. The molecule has 0 spiro atoms. The first-order valence-corrected chi connectivity index (χ1v) is 5.39. The standard InChI is InChI=1S/C11H18O4/c1-11(2,14-8-12)10(13)15-9-6-4-3-5-7-9/h8-9H,3-7H2,1-2H3. The van der Waals surface area contributed by atoms with Crippen molar-refractivity contribution < 1.29 is 19.1 Å². The third kappa shape index (κ3) is 3.53. The highest BCUT2D eigenvalue weighted by atomic mass is 16.6. The van der Waals surface area contributed by atoms with Crippen molar-refractivity contribution in [1.29, 1.82) is 0 Å². The van der Waals surface area contributed by atoms with E-state index in [-0.39, 0.29) is 12.6 Å². The van der Waals surface area contributed by atoms with Gasteiger partial charge in [0.05, 0.1) is 0 Å². The Morgan fingerprint density at radius 1 is 1.27 bits per heavy atom. The predicted molar refractivity (Wildman–Crippen MR) is 54.2 cm³/mol. The normalized spacial score (nSPS) is 18.3. The third-order valence-corrected chi connectivity index (χ3v) is 2.66. The fraction of sp³-hybridized carbons (Fsp3) is 0.818. The SMILES string of the molecule is CC(C)(OC=O)C(=O)OC1CCCCC1. The van der Waals surface area contributed by atoms with Crippen molar-refractivity contribution in [2.24, 2.45) is 0 Å². The highest BCUT2D eigenvalue weighted by Gasteiger charge is 2.33. The molecule has 0 radical (unpaired) electrons. The number of carbonyl (C=O) groups is 2. The Morgan fingerprint density at radius 2 is 1.87 bits per heavy atom. The van der Waals surface area contributed by atoms with Gasteiger partial charge in [-0.15, -0.1) is 0 Å². The molecule has 1 fully saturated rings. The summed E-state index contributed by atoms with van der Waals surface area (Å²) in [7, 11) is 0. The molecule has 0 aromatic rings. The van der Waals surface area contributed by atoms with Gasteiger partial charge in [0.2, 0.25) is 5.60 Å². The van der Waals surface area contributed by atoms with E-state index in [1.807, 2.05) is 0 Å². The monoisotopic (exact) mass is 214 g/mol. The van der Waals surface area contributed by atoms with Crippen LogP contribution in [0.5, 0.6) is 0 Å². The van der Waals surface area contributed by atoms with E-state index in [9.17, 15) is 9.59 Å². The van der Waals surface area contributed by atoms with Gasteiger partial charge in [-0.2, -0.15) is 0 Å². The molecule has 0 saturated heterocycles. The first-order valence-electron chi connectivity index (χ1n) is 5.39. The second-order valence-electron chi connectivity index (χ2n) is 4.39. The molecule has 0 heterocycles. The Labute approximate surface area is 89.9 Å². The highest BCUT2D eigenvalue weighted by Crippen LogP contribution is 2.22. The average molecular weight is 214 g/mol. The van der Waals surface area contributed by atoms with Crippen LogP contribution >= 0.6 is 0 Å². The quantitative estimate of drug-likeness (QED) is 0.529. The molecule has 0 aromatic heterocycles. The number of hydrogen-bond donors (Lipinski definition) is 0. The minimum atomic E-state index is -1.17. The fourth-order valence-electron chi connectivity index (χ4n) is 1.64. The lowest BCUT2D eigenvalue weighted by molar-refractivity contribution is -0.177. The molecule has 1 aliphatic carbocycles. The molecular formula is C11H18O4. The topological polar surface area (TPSA) is 52.6 Å². The summed E-state index contributed by atoms with van der Waals surface area (Å²) in [6, 6.07) is 0. The summed E-state index contributed by atoms with van der Waals surface area (Å²) in [5.74, 6) is -0.457. The Balaban J connectivity index is 2.42. The van der Waals surface area contributed by atoms with E-state index >= 15 is 0 Å². The van der Waals surface area contributed by atoms with Crippen LogP contribution in [0.3, 0.4) is 0 Å². The maximum absolute atomic E-state index is 11.6. The van der Waals surface area contributed by atoms with Crippen LogP contribution in [-0.4, -0.2) is 24.1 Å². The van der Waals surface area contributed by atoms with Gasteiger partial charge in [0.25, 0.3) is 6.47 Å². The second kappa shape index (κ2) is 5.14. The molecule has 86 valence electrons. The van der Waals surface area contributed by atoms with Crippen molar-refractivity contribution in [2.45, 2.75) is 57.7 Å². The Bertz CT molecular complexity index is 229. The maximum Gasteiger partial charge on any atom is 0.350 e. The summed E-state index contributed by atoms with van der Waals surface area (Å²) >= 11 is 0. The zero-order valence-electron chi connectivity index (χ0n) is 9.32. The van der Waals surface area contributed by atoms with Gasteiger partial charge < -0.3 is 9.47 Å². The van der Waals surface area contributed by atoms with Gasteiger partial charge >= 0.3 is 5.97 Å². The molecule has 0 amide bonds. The summed E-state index contributed by atoms with van der Waals surface area (Å²) in [6.07, 6.45) is 5.26. The lowest BCUT2D eigenvalue weighted by Gasteiger charge is -2.27. The summed E-state index contributed by atoms with van der Waals surface area (Å²) < 4.78 is 9.96. The molecule has 1 saturated carbocycles. The van der Waals surface area contributed by atoms with Gasteiger partial charge in [-0.05, 0) is 39.5 Å². The van der Waals surface area contributed by atoms with E-state index in [1.54, 1.807) is 0 Å². The molecule has 0 aliphatic heterocycles. The van der Waals surface area contributed by atoms with Crippen LogP contribution in [0.2, 0.25) is 0 Å². The number of rotatable bonds is 4. The van der Waals surface area contributed by atoms with Crippen LogP contribution in [0, 0.1) is 0 Å². The lowest BCUT2D eigenvalue weighted by atomic mass is 9.97. The van der Waals surface area contributed by atoms with E-state index in [0.717, 1.165) is 25.7 Å². The summed E-state index contributed by atoms with van der Waals surface area (Å²) in [5.41, 5.74) is -1.17. The van der Waals surface area contributed by atoms with Crippen molar-refractivity contribution in [3.63, 3.8) is 0 Å². The largest absolute Gasteiger partial charge is 0.459 e. The Morgan fingerprint density at radius 3 is 2.40 bits per heavy atom. The minimum Gasteiger partial charge on any atom is -0.459 e. The predicted octanol–water partition coefficient (Wildman–Crippen LogP) is 1.81. The van der Waals surface area contributed by atoms with Crippen LogP contribution in [0.1, 0.15) is 46.0 Å². The first kappa shape index (κ1) is 12.0. The Hall–Kier alpha value is -1.06. The van der Waals surface area contributed by atoms with Crippen LogP contribution in [0.25, 0.3) is 0 Å². The van der Waals surface area contributed by atoms with Gasteiger partial charge in [-0.25, -0.2) is 4.79 Å². The van der Waals surface area contributed by atoms with Crippen LogP contribution in [0.15, 0.2) is 0 Å². The molecule has 1 rings (SSSR count). The summed E-state index contributed by atoms with van der Waals surface area (Å²) in [5, 5.41) is 0. The molecule has 0 N–H and O–H groups in total. The van der Waals surface area contributed by atoms with Crippen LogP contribution in [-0.2, 0) is 19.1 Å². The van der Waals surface area contributed by atoms with Crippen molar-refractivity contribution in [3.05, 3.63) is 0 Å². The molecule has 0 aromatic carbocycles. The van der Waals surface area contributed by atoms with Crippen molar-refractivity contribution >= 4 is 12.4 Å². The van der Waals surface area contributed by atoms with Crippen LogP contribution in [0.4, 0.5) is 0 Å². The molecule has 0 atom stereocenters. The summed E-state index contributed by atoms with van der Waals surface area (Å²) in [4.78, 5) is 21.8. The van der Waals surface area contributed by atoms with Gasteiger partial charge in [-0.3, -0.25) is 4.79 Å². The second-order valence-corrected chi connectivity index (χ2v) is 4.39. The van der Waals surface area contributed by atoms with Gasteiger partial charge in [0, 0.05) is 0 Å². The lowest BCUT2D eigenvalue weighted by Crippen LogP contribution is -2.39. The van der Waals surface area contributed by atoms with Gasteiger partial charge in [0.1, 0.15) is 6.10 Å². The van der Waals surface area contributed by atoms with E-state index in [0.29, 0.717) is 0 Å². The van der Waals surface area contributed by atoms with Gasteiger partial charge in [0.15, 0.2) is 0 Å². The number of ether oxygens (including phenoxy) is 2. The van der Waals surface area contributed by atoms with Crippen molar-refractivity contribution in [3.8, 4) is 0 Å². The first-order chi connectivity index (χ1) is 7.06. The van der Waals surface area contributed by atoms with Gasteiger partial charge in [-0.1, -0.05) is 6.42 Å². The van der Waals surface area contributed by atoms with E-state index in [4.69, 9.17) is 4.74 Å². The molecular weight excluding hydrogens is 196 g/mol. The Kier molecular flexibility index (Phi) is 4.12. The number of esters is 1. The smallest absolute Gasteiger partial charge is 0.350 e. The zero-order chi connectivity index (χ0) is 11.3. The minimum absolute atomic E-state index is 0.000719. The third-order valence-electron chi connectivity index (χ3n) is 2.66. The van der Waals surface area contributed by atoms with E-state index in [2.05, 4.69) is 4.74 Å². The van der Waals surface area contributed by atoms with E-state index in [1.165, 1.54) is 20.3 Å².